The van der Waals surface area contributed by atoms with Crippen LogP contribution < -0.4 is 29.8 Å². The third-order valence-electron chi connectivity index (χ3n) is 6.20. The average Bonchev–Trinajstić information content (AvgIpc) is 3.47. The van der Waals surface area contributed by atoms with Crippen molar-refractivity contribution in [3.63, 3.8) is 0 Å². The minimum absolute atomic E-state index is 0.185. The molecular weight excluding hydrogens is 412 g/mol. The number of nitrogens with one attached hydrogen (secondary N) is 1. The van der Waals surface area contributed by atoms with E-state index in [0.717, 1.165) is 18.5 Å². The zero-order chi connectivity index (χ0) is 21.1. The molecule has 1 aromatic heterocycles. The van der Waals surface area contributed by atoms with Crippen molar-refractivity contribution in [1.82, 2.24) is 4.57 Å². The van der Waals surface area contributed by atoms with E-state index in [1.54, 1.807) is 29.9 Å². The van der Waals surface area contributed by atoms with Crippen LogP contribution in [0.1, 0.15) is 23.1 Å². The van der Waals surface area contributed by atoms with Gasteiger partial charge in [-0.15, -0.1) is 0 Å². The molecule has 1 amide bonds. The van der Waals surface area contributed by atoms with Gasteiger partial charge in [0.2, 0.25) is 0 Å². The second-order valence-electron chi connectivity index (χ2n) is 7.97. The zero-order valence-electron chi connectivity index (χ0n) is 17.0. The summed E-state index contributed by atoms with van der Waals surface area (Å²) in [5.41, 5.74) is 5.48. The molecule has 3 aliphatic rings. The molecule has 3 heterocycles. The number of anilines is 2. The van der Waals surface area contributed by atoms with Crippen molar-refractivity contribution in [3.8, 4) is 5.75 Å². The fraction of sp³-hybridized carbons (Fsp3) is 0.261. The number of carbonyl (C=O) groups excluding carboxylic acids is 1. The van der Waals surface area contributed by atoms with Crippen molar-refractivity contribution in [3.05, 3.63) is 72.8 Å². The fourth-order valence-electron chi connectivity index (χ4n) is 4.58. The number of ether oxygens (including phenoxy) is 1. The molecule has 0 saturated heterocycles. The summed E-state index contributed by atoms with van der Waals surface area (Å²) in [4.78, 5) is 33.4. The van der Waals surface area contributed by atoms with Crippen LogP contribution in [0.3, 0.4) is 0 Å². The quantitative estimate of drug-likeness (QED) is 0.668. The lowest BCUT2D eigenvalue weighted by molar-refractivity contribution is -0.110. The molecule has 1 aliphatic carbocycles. The van der Waals surface area contributed by atoms with Gasteiger partial charge in [0.15, 0.2) is 4.80 Å². The molecule has 31 heavy (non-hydrogen) atoms. The lowest BCUT2D eigenvalue weighted by atomic mass is 10.1. The van der Waals surface area contributed by atoms with E-state index in [0.29, 0.717) is 45.2 Å². The Bertz CT molecular complexity index is 1440. The number of amides is 1. The second kappa shape index (κ2) is 6.81. The molecule has 7 nitrogen and oxygen atoms in total. The Morgan fingerprint density at radius 2 is 1.97 bits per heavy atom. The van der Waals surface area contributed by atoms with Crippen LogP contribution in [-0.2, 0) is 24.3 Å². The maximum Gasteiger partial charge on any atom is 0.272 e. The maximum absolute atomic E-state index is 13.3. The highest BCUT2D eigenvalue weighted by molar-refractivity contribution is 7.07. The molecule has 0 fully saturated rings. The van der Waals surface area contributed by atoms with Crippen LogP contribution in [0.4, 0.5) is 11.4 Å². The summed E-state index contributed by atoms with van der Waals surface area (Å²) in [7, 11) is 1.58. The van der Waals surface area contributed by atoms with Crippen molar-refractivity contribution in [2.24, 2.45) is 4.99 Å². The Kier molecular flexibility index (Phi) is 4.04. The monoisotopic (exact) mass is 432 g/mol. The molecule has 8 heteroatoms. The minimum atomic E-state index is -0.268. The van der Waals surface area contributed by atoms with Crippen molar-refractivity contribution in [2.45, 2.75) is 25.9 Å². The summed E-state index contributed by atoms with van der Waals surface area (Å²) in [6.07, 6.45) is 3.45. The number of aromatic nitrogens is 1. The van der Waals surface area contributed by atoms with E-state index in [1.807, 2.05) is 0 Å². The molecule has 0 radical (unpaired) electrons. The molecule has 0 spiro atoms. The Labute approximate surface area is 181 Å². The smallest absolute Gasteiger partial charge is 0.272 e. The van der Waals surface area contributed by atoms with E-state index in [2.05, 4.69) is 33.4 Å². The molecule has 156 valence electrons. The number of fused-ring (bicyclic) bond motifs is 3. The number of hydrogen-bond acceptors (Lipinski definition) is 6. The predicted octanol–water partition coefficient (Wildman–Crippen LogP) is 1.61. The van der Waals surface area contributed by atoms with Crippen molar-refractivity contribution < 1.29 is 9.53 Å². The maximum atomic E-state index is 13.3. The Morgan fingerprint density at radius 3 is 2.84 bits per heavy atom. The molecule has 6 rings (SSSR count). The third kappa shape index (κ3) is 2.82. The molecule has 2 aliphatic heterocycles. The van der Waals surface area contributed by atoms with Crippen LogP contribution in [0, 0.1) is 0 Å². The van der Waals surface area contributed by atoms with Crippen LogP contribution in [0.2, 0.25) is 0 Å². The van der Waals surface area contributed by atoms with Crippen molar-refractivity contribution >= 4 is 34.2 Å². The molecule has 0 unspecified atom stereocenters. The first-order valence-corrected chi connectivity index (χ1v) is 11.1. The number of hydrogen-bond donors (Lipinski definition) is 1. The summed E-state index contributed by atoms with van der Waals surface area (Å²) < 4.78 is 7.39. The Morgan fingerprint density at radius 1 is 1.10 bits per heavy atom. The van der Waals surface area contributed by atoms with Gasteiger partial charge in [-0.25, -0.2) is 4.99 Å². The lowest BCUT2D eigenvalue weighted by Gasteiger charge is -2.26. The molecule has 1 N–H and O–H groups in total. The van der Waals surface area contributed by atoms with E-state index >= 15 is 0 Å². The molecule has 3 aromatic rings. The number of benzene rings is 2. The first-order chi connectivity index (χ1) is 15.1. The van der Waals surface area contributed by atoms with Gasteiger partial charge < -0.3 is 15.0 Å². The summed E-state index contributed by atoms with van der Waals surface area (Å²) in [5.74, 6) is 0.372. The Balaban J connectivity index is 1.45. The third-order valence-corrected chi connectivity index (χ3v) is 7.31. The van der Waals surface area contributed by atoms with Gasteiger partial charge in [0.1, 0.15) is 23.6 Å². The topological polar surface area (TPSA) is 75.9 Å². The van der Waals surface area contributed by atoms with Crippen LogP contribution in [0.15, 0.2) is 46.2 Å². The Hall–Kier alpha value is -3.39. The van der Waals surface area contributed by atoms with E-state index in [1.165, 1.54) is 28.9 Å². The normalized spacial score (nSPS) is 18.2. The van der Waals surface area contributed by atoms with Crippen LogP contribution in [-0.4, -0.2) is 24.3 Å². The highest BCUT2D eigenvalue weighted by Crippen LogP contribution is 2.33. The van der Waals surface area contributed by atoms with Crippen LogP contribution in [0.25, 0.3) is 5.57 Å². The van der Waals surface area contributed by atoms with Gasteiger partial charge in [-0.1, -0.05) is 17.4 Å². The number of rotatable bonds is 2. The van der Waals surface area contributed by atoms with E-state index < -0.39 is 0 Å². The number of methoxy groups -OCH3 is 1. The van der Waals surface area contributed by atoms with Gasteiger partial charge in [-0.2, -0.15) is 0 Å². The van der Waals surface area contributed by atoms with Crippen molar-refractivity contribution in [2.75, 3.05) is 24.0 Å². The van der Waals surface area contributed by atoms with E-state index in [9.17, 15) is 9.59 Å². The van der Waals surface area contributed by atoms with Gasteiger partial charge in [0.05, 0.1) is 12.7 Å². The standard InChI is InChI=1S/C23H20N4O3S/c1-30-16-7-8-18-17(10-16)19(21(28)25-18)20-22(29)27-12-26(11-24-23(27)31-20)15-6-5-13-3-2-4-14(13)9-15/h5-10H,2-4,11-12H2,1H3,(H,25,28). The lowest BCUT2D eigenvalue weighted by Crippen LogP contribution is -2.43. The first-order valence-electron chi connectivity index (χ1n) is 10.3. The molecule has 2 aromatic carbocycles. The van der Waals surface area contributed by atoms with Crippen molar-refractivity contribution in [1.29, 1.82) is 0 Å². The molecular formula is C23H20N4O3S. The largest absolute Gasteiger partial charge is 0.497 e. The summed E-state index contributed by atoms with van der Waals surface area (Å²) >= 11 is 1.28. The highest BCUT2D eigenvalue weighted by Gasteiger charge is 2.28. The van der Waals surface area contributed by atoms with Gasteiger partial charge >= 0.3 is 0 Å². The number of aryl methyl sites for hydroxylation is 2. The number of thiazole rings is 1. The first kappa shape index (κ1) is 18.4. The van der Waals surface area contributed by atoms with Gasteiger partial charge in [0.25, 0.3) is 11.5 Å². The van der Waals surface area contributed by atoms with Gasteiger partial charge in [0, 0.05) is 16.9 Å². The number of carbonyl (C=O) groups is 1. The second-order valence-corrected chi connectivity index (χ2v) is 8.95. The van der Waals surface area contributed by atoms with Gasteiger partial charge in [-0.3, -0.25) is 14.2 Å². The van der Waals surface area contributed by atoms with Gasteiger partial charge in [-0.05, 0) is 60.7 Å². The van der Waals surface area contributed by atoms with Crippen LogP contribution in [0.5, 0.6) is 5.75 Å². The summed E-state index contributed by atoms with van der Waals surface area (Å²) in [6, 6.07) is 11.9. The number of nitrogens with zero attached hydrogens (tertiary/aromatic N) is 3. The predicted molar refractivity (Wildman–Crippen MR) is 119 cm³/mol. The van der Waals surface area contributed by atoms with Crippen LogP contribution >= 0.6 is 11.3 Å². The summed E-state index contributed by atoms with van der Waals surface area (Å²) in [6.45, 7) is 0.914. The van der Waals surface area contributed by atoms with E-state index in [-0.39, 0.29) is 11.5 Å². The zero-order valence-corrected chi connectivity index (χ0v) is 17.8. The molecule has 0 atom stereocenters. The molecule has 0 bridgehead atoms. The molecule has 0 saturated carbocycles. The SMILES string of the molecule is COc1ccc2c(c1)C(=c1sc3n(c1=O)CN(c1ccc4c(c1)CCC4)CN=3)C(=O)N2. The fourth-order valence-corrected chi connectivity index (χ4v) is 5.64. The minimum Gasteiger partial charge on any atom is -0.497 e. The highest BCUT2D eigenvalue weighted by atomic mass is 32.1. The van der Waals surface area contributed by atoms with E-state index in [4.69, 9.17) is 4.74 Å². The summed E-state index contributed by atoms with van der Waals surface area (Å²) in [5, 5.41) is 2.85. The average molecular weight is 433 g/mol.